The molecule has 1 saturated heterocycles. The van der Waals surface area contributed by atoms with E-state index in [0.29, 0.717) is 13.1 Å². The Labute approximate surface area is 146 Å². The molecular formula is C17H23ClF3N3. The third kappa shape index (κ3) is 5.53. The van der Waals surface area contributed by atoms with Crippen molar-refractivity contribution in [3.05, 3.63) is 36.7 Å². The summed E-state index contributed by atoms with van der Waals surface area (Å²) in [6.07, 6.45) is -0.374. The highest BCUT2D eigenvalue weighted by atomic mass is 35.5. The van der Waals surface area contributed by atoms with Gasteiger partial charge in [0.2, 0.25) is 0 Å². The van der Waals surface area contributed by atoms with Crippen molar-refractivity contribution in [1.29, 1.82) is 0 Å². The Morgan fingerprint density at radius 2 is 2.00 bits per heavy atom. The molecule has 3 rings (SSSR count). The van der Waals surface area contributed by atoms with E-state index in [4.69, 9.17) is 0 Å². The first kappa shape index (κ1) is 20.5. The van der Waals surface area contributed by atoms with Crippen molar-refractivity contribution >= 4 is 28.9 Å². The zero-order chi connectivity index (χ0) is 15.6. The lowest BCUT2D eigenvalue weighted by Crippen LogP contribution is -2.29. The zero-order valence-corrected chi connectivity index (χ0v) is 13.3. The average molecular weight is 362 g/mol. The first-order valence-corrected chi connectivity index (χ1v) is 7.39. The first-order valence-electron chi connectivity index (χ1n) is 7.39. The SMILES string of the molecule is C.Cl.FC(F)(F)CCN1CC[C@@H](Nc2ccc3cnccc3c2)C1. The number of benzene rings is 1. The predicted octanol–water partition coefficient (Wildman–Crippen LogP) is 4.73. The average Bonchev–Trinajstić information content (AvgIpc) is 2.92. The third-order valence-electron chi connectivity index (χ3n) is 4.00. The number of halogens is 4. The van der Waals surface area contributed by atoms with E-state index in [0.717, 1.165) is 22.9 Å². The van der Waals surface area contributed by atoms with Gasteiger partial charge >= 0.3 is 6.18 Å². The molecule has 0 radical (unpaired) electrons. The number of rotatable bonds is 4. The lowest BCUT2D eigenvalue weighted by atomic mass is 10.1. The molecule has 1 atom stereocenters. The van der Waals surface area contributed by atoms with Gasteiger partial charge in [-0.15, -0.1) is 12.4 Å². The largest absolute Gasteiger partial charge is 0.390 e. The smallest absolute Gasteiger partial charge is 0.381 e. The second kappa shape index (κ2) is 8.53. The highest BCUT2D eigenvalue weighted by Gasteiger charge is 2.30. The van der Waals surface area contributed by atoms with Gasteiger partial charge in [0, 0.05) is 49.1 Å². The van der Waals surface area contributed by atoms with E-state index in [2.05, 4.69) is 16.4 Å². The van der Waals surface area contributed by atoms with E-state index in [-0.39, 0.29) is 32.4 Å². The molecule has 134 valence electrons. The number of hydrogen-bond donors (Lipinski definition) is 1. The summed E-state index contributed by atoms with van der Waals surface area (Å²) in [5.74, 6) is 0. The van der Waals surface area contributed by atoms with Gasteiger partial charge in [0.25, 0.3) is 0 Å². The molecule has 1 fully saturated rings. The van der Waals surface area contributed by atoms with Crippen LogP contribution in [0.1, 0.15) is 20.3 Å². The summed E-state index contributed by atoms with van der Waals surface area (Å²) in [6.45, 7) is 1.46. The Bertz CT molecular complexity index is 648. The van der Waals surface area contributed by atoms with Gasteiger partial charge < -0.3 is 10.2 Å². The van der Waals surface area contributed by atoms with Gasteiger partial charge in [0.05, 0.1) is 6.42 Å². The highest BCUT2D eigenvalue weighted by Crippen LogP contribution is 2.23. The minimum absolute atomic E-state index is 0. The Kier molecular flexibility index (Phi) is 7.29. The van der Waals surface area contributed by atoms with Crippen LogP contribution in [0.15, 0.2) is 36.7 Å². The summed E-state index contributed by atoms with van der Waals surface area (Å²) in [7, 11) is 0. The Morgan fingerprint density at radius 1 is 1.21 bits per heavy atom. The van der Waals surface area contributed by atoms with Gasteiger partial charge in [-0.3, -0.25) is 4.98 Å². The van der Waals surface area contributed by atoms with E-state index >= 15 is 0 Å². The number of likely N-dealkylation sites (tertiary alicyclic amines) is 1. The predicted molar refractivity (Wildman–Crippen MR) is 94.9 cm³/mol. The third-order valence-corrected chi connectivity index (χ3v) is 4.00. The van der Waals surface area contributed by atoms with Gasteiger partial charge in [-0.2, -0.15) is 13.2 Å². The fourth-order valence-electron chi connectivity index (χ4n) is 2.85. The molecule has 0 amide bonds. The van der Waals surface area contributed by atoms with Crippen molar-refractivity contribution in [2.24, 2.45) is 0 Å². The molecule has 1 aromatic carbocycles. The van der Waals surface area contributed by atoms with Crippen LogP contribution in [0.25, 0.3) is 10.8 Å². The highest BCUT2D eigenvalue weighted by molar-refractivity contribution is 5.85. The summed E-state index contributed by atoms with van der Waals surface area (Å²) in [6, 6.07) is 8.19. The van der Waals surface area contributed by atoms with Crippen molar-refractivity contribution in [3.8, 4) is 0 Å². The second-order valence-electron chi connectivity index (χ2n) is 5.73. The number of fused-ring (bicyclic) bond motifs is 1. The summed E-state index contributed by atoms with van der Waals surface area (Å²) in [5, 5.41) is 5.60. The van der Waals surface area contributed by atoms with Gasteiger partial charge in [-0.05, 0) is 30.0 Å². The van der Waals surface area contributed by atoms with Crippen molar-refractivity contribution in [3.63, 3.8) is 0 Å². The maximum atomic E-state index is 12.3. The van der Waals surface area contributed by atoms with Crippen LogP contribution in [0, 0.1) is 0 Å². The van der Waals surface area contributed by atoms with Crippen LogP contribution in [0.4, 0.5) is 18.9 Å². The summed E-state index contributed by atoms with van der Waals surface area (Å²) in [5.41, 5.74) is 1.00. The van der Waals surface area contributed by atoms with Crippen LogP contribution < -0.4 is 5.32 Å². The maximum absolute atomic E-state index is 12.3. The van der Waals surface area contributed by atoms with E-state index < -0.39 is 12.6 Å². The standard InChI is InChI=1S/C16H18F3N3.CH4.ClH/c17-16(18,19)5-8-22-7-4-15(11-22)21-14-2-1-13-10-20-6-3-12(13)9-14;;/h1-3,6,9-10,15,21H,4-5,7-8,11H2;1H4;1H/t15-;;/m1../s1. The molecule has 0 unspecified atom stereocenters. The lowest BCUT2D eigenvalue weighted by Gasteiger charge is -2.18. The summed E-state index contributed by atoms with van der Waals surface area (Å²) >= 11 is 0. The molecule has 1 N–H and O–H groups in total. The monoisotopic (exact) mass is 361 g/mol. The van der Waals surface area contributed by atoms with Gasteiger partial charge in [0.1, 0.15) is 0 Å². The number of nitrogens with zero attached hydrogens (tertiary/aromatic N) is 2. The number of hydrogen-bond acceptors (Lipinski definition) is 3. The minimum Gasteiger partial charge on any atom is -0.381 e. The summed E-state index contributed by atoms with van der Waals surface area (Å²) in [4.78, 5) is 5.95. The first-order chi connectivity index (χ1) is 10.5. The van der Waals surface area contributed by atoms with E-state index in [1.165, 1.54) is 0 Å². The van der Waals surface area contributed by atoms with Crippen molar-refractivity contribution in [1.82, 2.24) is 9.88 Å². The fraction of sp³-hybridized carbons (Fsp3) is 0.471. The van der Waals surface area contributed by atoms with Crippen molar-refractivity contribution in [2.45, 2.75) is 32.5 Å². The number of aromatic nitrogens is 1. The summed E-state index contributed by atoms with van der Waals surface area (Å²) < 4.78 is 36.8. The van der Waals surface area contributed by atoms with Crippen LogP contribution >= 0.6 is 12.4 Å². The number of alkyl halides is 3. The van der Waals surface area contributed by atoms with Crippen LogP contribution in [0.5, 0.6) is 0 Å². The molecule has 2 heterocycles. The quantitative estimate of drug-likeness (QED) is 0.853. The number of nitrogens with one attached hydrogen (secondary N) is 1. The maximum Gasteiger partial charge on any atom is 0.390 e. The molecule has 1 aromatic heterocycles. The van der Waals surface area contributed by atoms with Crippen LogP contribution in [0.3, 0.4) is 0 Å². The van der Waals surface area contributed by atoms with Crippen LogP contribution in [0.2, 0.25) is 0 Å². The Morgan fingerprint density at radius 3 is 2.75 bits per heavy atom. The second-order valence-corrected chi connectivity index (χ2v) is 5.73. The zero-order valence-electron chi connectivity index (χ0n) is 12.5. The van der Waals surface area contributed by atoms with Crippen molar-refractivity contribution in [2.75, 3.05) is 25.0 Å². The van der Waals surface area contributed by atoms with E-state index in [1.807, 2.05) is 29.3 Å². The minimum atomic E-state index is -4.07. The molecule has 2 aromatic rings. The Balaban J connectivity index is 0.00000144. The molecule has 0 aliphatic carbocycles. The number of pyridine rings is 1. The normalized spacial score (nSPS) is 18.0. The Hall–Kier alpha value is -1.53. The van der Waals surface area contributed by atoms with Crippen molar-refractivity contribution < 1.29 is 13.2 Å². The van der Waals surface area contributed by atoms with Gasteiger partial charge in [0.15, 0.2) is 0 Å². The van der Waals surface area contributed by atoms with Gasteiger partial charge in [-0.1, -0.05) is 13.5 Å². The molecule has 0 spiro atoms. The van der Waals surface area contributed by atoms with Crippen LogP contribution in [-0.2, 0) is 0 Å². The molecule has 0 bridgehead atoms. The molecule has 1 aliphatic rings. The van der Waals surface area contributed by atoms with Gasteiger partial charge in [-0.25, -0.2) is 0 Å². The fourth-order valence-corrected chi connectivity index (χ4v) is 2.85. The number of anilines is 1. The lowest BCUT2D eigenvalue weighted by molar-refractivity contribution is -0.137. The topological polar surface area (TPSA) is 28.2 Å². The van der Waals surface area contributed by atoms with E-state index in [1.54, 1.807) is 6.20 Å². The molecule has 0 saturated carbocycles. The molecule has 24 heavy (non-hydrogen) atoms. The molecule has 1 aliphatic heterocycles. The molecular weight excluding hydrogens is 339 g/mol. The molecule has 3 nitrogen and oxygen atoms in total. The molecule has 7 heteroatoms. The van der Waals surface area contributed by atoms with Crippen LogP contribution in [-0.4, -0.2) is 41.7 Å². The van der Waals surface area contributed by atoms with E-state index in [9.17, 15) is 13.2 Å².